The minimum absolute atomic E-state index is 0.186. The molecular weight excluding hydrogens is 270 g/mol. The largest absolute Gasteiger partial charge is 0.380 e. The maximum Gasteiger partial charge on any atom is 0.232 e. The van der Waals surface area contributed by atoms with Gasteiger partial charge in [0.05, 0.1) is 24.3 Å². The third-order valence-corrected chi connectivity index (χ3v) is 4.84. The van der Waals surface area contributed by atoms with Crippen LogP contribution in [0.25, 0.3) is 0 Å². The predicted molar refractivity (Wildman–Crippen MR) is 76.7 cm³/mol. The number of hydrogen-bond donors (Lipinski definition) is 0. The van der Waals surface area contributed by atoms with Crippen LogP contribution in [0, 0.1) is 25.2 Å². The number of aromatic nitrogens is 1. The van der Waals surface area contributed by atoms with Gasteiger partial charge in [0.2, 0.25) is 5.91 Å². The first-order chi connectivity index (χ1) is 9.94. The molecule has 1 aromatic rings. The van der Waals surface area contributed by atoms with Crippen LogP contribution < -0.4 is 0 Å². The van der Waals surface area contributed by atoms with E-state index in [1.54, 1.807) is 4.90 Å². The molecule has 0 spiro atoms. The van der Waals surface area contributed by atoms with Crippen LogP contribution >= 0.6 is 0 Å². The van der Waals surface area contributed by atoms with Crippen molar-refractivity contribution in [2.24, 2.45) is 11.3 Å². The quantitative estimate of drug-likeness (QED) is 0.826. The average molecular weight is 293 g/mol. The lowest BCUT2D eigenvalue weighted by atomic mass is 9.80. The summed E-state index contributed by atoms with van der Waals surface area (Å²) >= 11 is 0. The molecule has 0 saturated carbocycles. The Hall–Kier alpha value is -1.40. The number of aryl methyl sites for hydroxylation is 2. The monoisotopic (exact) mass is 293 g/mol. The highest BCUT2D eigenvalue weighted by atomic mass is 16.5. The normalized spacial score (nSPS) is 28.9. The highest BCUT2D eigenvalue weighted by Gasteiger charge is 2.56. The molecule has 0 bridgehead atoms. The predicted octanol–water partition coefficient (Wildman–Crippen LogP) is 0.828. The molecule has 6 heteroatoms. The summed E-state index contributed by atoms with van der Waals surface area (Å²) in [6.07, 6.45) is 0. The van der Waals surface area contributed by atoms with E-state index in [4.69, 9.17) is 9.26 Å². The maximum absolute atomic E-state index is 12.6. The van der Waals surface area contributed by atoms with E-state index in [-0.39, 0.29) is 17.2 Å². The smallest absolute Gasteiger partial charge is 0.232 e. The fourth-order valence-corrected chi connectivity index (χ4v) is 3.66. The third kappa shape index (κ3) is 2.26. The summed E-state index contributed by atoms with van der Waals surface area (Å²) in [6, 6.07) is 0. The highest BCUT2D eigenvalue weighted by molar-refractivity contribution is 5.84. The van der Waals surface area contributed by atoms with Crippen LogP contribution in [-0.4, -0.2) is 61.3 Å². The number of rotatable bonds is 3. The molecule has 2 saturated heterocycles. The standard InChI is InChI=1S/C15H23N3O3/c1-10-13(11(2)21-16-10)6-18-5-12-7-20-9-15(12,8-18)14(19)17(3)4/h12H,5-9H2,1-4H3/t12-,15-/m0/s1. The lowest BCUT2D eigenvalue weighted by Gasteiger charge is -2.29. The van der Waals surface area contributed by atoms with Gasteiger partial charge in [-0.05, 0) is 13.8 Å². The molecule has 1 amide bonds. The molecule has 2 aliphatic heterocycles. The molecule has 21 heavy (non-hydrogen) atoms. The molecule has 3 heterocycles. The van der Waals surface area contributed by atoms with Crippen molar-refractivity contribution in [2.75, 3.05) is 40.4 Å². The molecule has 1 aromatic heterocycles. The molecule has 6 nitrogen and oxygen atoms in total. The Labute approximate surface area is 125 Å². The number of carbonyl (C=O) groups excluding carboxylic acids is 1. The van der Waals surface area contributed by atoms with Gasteiger partial charge in [-0.3, -0.25) is 9.69 Å². The Morgan fingerprint density at radius 3 is 2.86 bits per heavy atom. The maximum atomic E-state index is 12.6. The van der Waals surface area contributed by atoms with Crippen LogP contribution in [0.5, 0.6) is 0 Å². The van der Waals surface area contributed by atoms with Crippen molar-refractivity contribution in [3.63, 3.8) is 0 Å². The highest BCUT2D eigenvalue weighted by Crippen LogP contribution is 2.43. The SMILES string of the molecule is Cc1noc(C)c1CN1C[C@H]2COC[C@@]2(C(=O)N(C)C)C1. The Morgan fingerprint density at radius 1 is 1.48 bits per heavy atom. The first-order valence-electron chi connectivity index (χ1n) is 7.37. The molecule has 0 aromatic carbocycles. The summed E-state index contributed by atoms with van der Waals surface area (Å²) in [5.74, 6) is 1.34. The Balaban J connectivity index is 1.79. The van der Waals surface area contributed by atoms with E-state index < -0.39 is 0 Å². The van der Waals surface area contributed by atoms with Crippen molar-refractivity contribution in [2.45, 2.75) is 20.4 Å². The molecule has 0 unspecified atom stereocenters. The van der Waals surface area contributed by atoms with Gasteiger partial charge in [0.1, 0.15) is 5.76 Å². The minimum Gasteiger partial charge on any atom is -0.380 e. The van der Waals surface area contributed by atoms with Crippen molar-refractivity contribution >= 4 is 5.91 Å². The first kappa shape index (κ1) is 14.5. The zero-order valence-corrected chi connectivity index (χ0v) is 13.2. The number of hydrogen-bond acceptors (Lipinski definition) is 5. The van der Waals surface area contributed by atoms with Gasteiger partial charge in [0.25, 0.3) is 0 Å². The van der Waals surface area contributed by atoms with E-state index in [1.165, 1.54) is 0 Å². The van der Waals surface area contributed by atoms with Gasteiger partial charge in [-0.1, -0.05) is 5.16 Å². The zero-order valence-electron chi connectivity index (χ0n) is 13.2. The van der Waals surface area contributed by atoms with Crippen LogP contribution in [-0.2, 0) is 16.1 Å². The van der Waals surface area contributed by atoms with Gasteiger partial charge < -0.3 is 14.2 Å². The Morgan fingerprint density at radius 2 is 2.24 bits per heavy atom. The summed E-state index contributed by atoms with van der Waals surface area (Å²) in [5.41, 5.74) is 1.71. The van der Waals surface area contributed by atoms with Crippen LogP contribution in [0.1, 0.15) is 17.0 Å². The molecule has 2 fully saturated rings. The van der Waals surface area contributed by atoms with Crippen molar-refractivity contribution < 1.29 is 14.1 Å². The van der Waals surface area contributed by atoms with Crippen molar-refractivity contribution in [1.82, 2.24) is 15.0 Å². The third-order valence-electron chi connectivity index (χ3n) is 4.84. The fraction of sp³-hybridized carbons (Fsp3) is 0.733. The topological polar surface area (TPSA) is 58.8 Å². The molecule has 2 atom stereocenters. The van der Waals surface area contributed by atoms with Crippen LogP contribution in [0.4, 0.5) is 0 Å². The van der Waals surface area contributed by atoms with Crippen LogP contribution in [0.3, 0.4) is 0 Å². The van der Waals surface area contributed by atoms with Crippen LogP contribution in [0.2, 0.25) is 0 Å². The van der Waals surface area contributed by atoms with Gasteiger partial charge >= 0.3 is 0 Å². The van der Waals surface area contributed by atoms with E-state index in [2.05, 4.69) is 10.1 Å². The van der Waals surface area contributed by atoms with Crippen molar-refractivity contribution in [3.05, 3.63) is 17.0 Å². The number of likely N-dealkylation sites (tertiary alicyclic amines) is 1. The second-order valence-electron chi connectivity index (χ2n) is 6.54. The van der Waals surface area contributed by atoms with Gasteiger partial charge in [-0.25, -0.2) is 0 Å². The lowest BCUT2D eigenvalue weighted by Crippen LogP contribution is -2.46. The van der Waals surface area contributed by atoms with E-state index >= 15 is 0 Å². The Bertz CT molecular complexity index is 535. The molecule has 3 rings (SSSR count). The second kappa shape index (κ2) is 5.10. The summed E-state index contributed by atoms with van der Waals surface area (Å²) in [6.45, 7) is 7.55. The van der Waals surface area contributed by atoms with Gasteiger partial charge in [0, 0.05) is 45.2 Å². The molecule has 0 radical (unpaired) electrons. The summed E-state index contributed by atoms with van der Waals surface area (Å²) in [5, 5.41) is 4.01. The van der Waals surface area contributed by atoms with Crippen LogP contribution in [0.15, 0.2) is 4.52 Å². The van der Waals surface area contributed by atoms with Crippen molar-refractivity contribution in [1.29, 1.82) is 0 Å². The molecule has 0 N–H and O–H groups in total. The molecule has 116 valence electrons. The summed E-state index contributed by atoms with van der Waals surface area (Å²) < 4.78 is 10.8. The van der Waals surface area contributed by atoms with Gasteiger partial charge in [-0.2, -0.15) is 0 Å². The van der Waals surface area contributed by atoms with E-state index in [0.29, 0.717) is 13.2 Å². The lowest BCUT2D eigenvalue weighted by molar-refractivity contribution is -0.140. The number of amides is 1. The average Bonchev–Trinajstić information content (AvgIpc) is 3.06. The van der Waals surface area contributed by atoms with E-state index in [0.717, 1.165) is 36.7 Å². The second-order valence-corrected chi connectivity index (χ2v) is 6.54. The van der Waals surface area contributed by atoms with E-state index in [1.807, 2.05) is 27.9 Å². The zero-order chi connectivity index (χ0) is 15.2. The summed E-state index contributed by atoms with van der Waals surface area (Å²) in [7, 11) is 3.65. The first-order valence-corrected chi connectivity index (χ1v) is 7.37. The van der Waals surface area contributed by atoms with E-state index in [9.17, 15) is 4.79 Å². The number of carbonyl (C=O) groups is 1. The fourth-order valence-electron chi connectivity index (χ4n) is 3.66. The van der Waals surface area contributed by atoms with Gasteiger partial charge in [0.15, 0.2) is 0 Å². The Kier molecular flexibility index (Phi) is 3.53. The molecular formula is C15H23N3O3. The number of fused-ring (bicyclic) bond motifs is 1. The molecule has 2 aliphatic rings. The summed E-state index contributed by atoms with van der Waals surface area (Å²) in [4.78, 5) is 16.6. The van der Waals surface area contributed by atoms with Gasteiger partial charge in [-0.15, -0.1) is 0 Å². The number of ether oxygens (including phenoxy) is 1. The molecule has 0 aliphatic carbocycles. The van der Waals surface area contributed by atoms with Crippen molar-refractivity contribution in [3.8, 4) is 0 Å². The minimum atomic E-state index is -0.373. The number of nitrogens with zero attached hydrogens (tertiary/aromatic N) is 3.